The minimum atomic E-state index is -0.337. The Morgan fingerprint density at radius 3 is 2.52 bits per heavy atom. The Hall–Kier alpha value is -1.40. The van der Waals surface area contributed by atoms with Gasteiger partial charge in [0.15, 0.2) is 0 Å². The van der Waals surface area contributed by atoms with Gasteiger partial charge in [-0.2, -0.15) is 0 Å². The summed E-state index contributed by atoms with van der Waals surface area (Å²) < 4.78 is 5.20. The molecule has 25 heavy (non-hydrogen) atoms. The fourth-order valence-electron chi connectivity index (χ4n) is 3.28. The maximum atomic E-state index is 12.6. The van der Waals surface area contributed by atoms with Gasteiger partial charge in [0.1, 0.15) is 5.00 Å². The second-order valence-corrected chi connectivity index (χ2v) is 8.29. The van der Waals surface area contributed by atoms with Crippen molar-refractivity contribution in [2.45, 2.75) is 58.9 Å². The first-order valence-electron chi connectivity index (χ1n) is 9.36. The van der Waals surface area contributed by atoms with E-state index in [1.807, 2.05) is 13.8 Å². The van der Waals surface area contributed by atoms with Crippen LogP contribution in [0.1, 0.15) is 60.3 Å². The van der Waals surface area contributed by atoms with E-state index in [0.717, 1.165) is 29.3 Å². The van der Waals surface area contributed by atoms with Gasteiger partial charge in [0.2, 0.25) is 5.91 Å². The Bertz CT molecular complexity index is 647. The molecule has 2 fully saturated rings. The van der Waals surface area contributed by atoms with Crippen molar-refractivity contribution in [3.63, 3.8) is 0 Å². The van der Waals surface area contributed by atoms with Crippen LogP contribution in [0.25, 0.3) is 0 Å². The van der Waals surface area contributed by atoms with Gasteiger partial charge in [-0.3, -0.25) is 9.69 Å². The van der Waals surface area contributed by atoms with Gasteiger partial charge in [-0.15, -0.1) is 11.3 Å². The van der Waals surface area contributed by atoms with Gasteiger partial charge in [0.05, 0.1) is 18.7 Å². The first kappa shape index (κ1) is 18.4. The molecule has 0 bridgehead atoms. The summed E-state index contributed by atoms with van der Waals surface area (Å²) in [6.07, 6.45) is 5.74. The number of amides is 1. The number of hydrogen-bond donors (Lipinski definition) is 1. The summed E-state index contributed by atoms with van der Waals surface area (Å²) in [6, 6.07) is 0.576. The number of anilines is 1. The molecular weight excluding hydrogens is 336 g/mol. The van der Waals surface area contributed by atoms with E-state index in [2.05, 4.69) is 10.2 Å². The molecule has 3 rings (SSSR count). The lowest BCUT2D eigenvalue weighted by Gasteiger charge is -2.21. The van der Waals surface area contributed by atoms with Crippen LogP contribution in [0, 0.1) is 12.8 Å². The highest BCUT2D eigenvalue weighted by Gasteiger charge is 2.35. The predicted octanol–water partition coefficient (Wildman–Crippen LogP) is 3.61. The van der Waals surface area contributed by atoms with Crippen LogP contribution in [0.4, 0.5) is 5.00 Å². The van der Waals surface area contributed by atoms with E-state index >= 15 is 0 Å². The van der Waals surface area contributed by atoms with Crippen molar-refractivity contribution in [3.8, 4) is 0 Å². The quantitative estimate of drug-likeness (QED) is 0.680. The van der Waals surface area contributed by atoms with Crippen molar-refractivity contribution in [3.05, 3.63) is 16.0 Å². The number of rotatable bonds is 9. The third kappa shape index (κ3) is 4.61. The SMILES string of the molecule is CCOC(=O)c1c(NC(=O)CN(CC2CC2)C2CC2)sc(C)c1CC. The van der Waals surface area contributed by atoms with Crippen molar-refractivity contribution in [2.24, 2.45) is 5.92 Å². The molecule has 0 aromatic carbocycles. The summed E-state index contributed by atoms with van der Waals surface area (Å²) in [5, 5.41) is 3.63. The second-order valence-electron chi connectivity index (χ2n) is 7.07. The summed E-state index contributed by atoms with van der Waals surface area (Å²) >= 11 is 1.47. The number of nitrogens with zero attached hydrogens (tertiary/aromatic N) is 1. The van der Waals surface area contributed by atoms with Crippen LogP contribution in [0.5, 0.6) is 0 Å². The van der Waals surface area contributed by atoms with E-state index in [-0.39, 0.29) is 11.9 Å². The largest absolute Gasteiger partial charge is 0.462 e. The Balaban J connectivity index is 1.70. The molecule has 138 valence electrons. The van der Waals surface area contributed by atoms with Gasteiger partial charge in [-0.1, -0.05) is 6.92 Å². The normalized spacial score (nSPS) is 17.0. The van der Waals surface area contributed by atoms with E-state index in [0.29, 0.717) is 29.8 Å². The van der Waals surface area contributed by atoms with Gasteiger partial charge >= 0.3 is 5.97 Å². The van der Waals surface area contributed by atoms with Crippen LogP contribution in [0.2, 0.25) is 0 Å². The molecule has 0 saturated heterocycles. The van der Waals surface area contributed by atoms with Gasteiger partial charge in [0.25, 0.3) is 0 Å². The summed E-state index contributed by atoms with van der Waals surface area (Å²) in [5.74, 6) is 0.414. The van der Waals surface area contributed by atoms with Crippen LogP contribution in [-0.2, 0) is 16.0 Å². The van der Waals surface area contributed by atoms with Crippen molar-refractivity contribution >= 4 is 28.2 Å². The van der Waals surface area contributed by atoms with Crippen LogP contribution in [-0.4, -0.2) is 42.5 Å². The summed E-state index contributed by atoms with van der Waals surface area (Å²) in [4.78, 5) is 28.3. The average Bonchev–Trinajstić information content (AvgIpc) is 3.44. The van der Waals surface area contributed by atoms with E-state index in [1.165, 1.54) is 37.0 Å². The van der Waals surface area contributed by atoms with Gasteiger partial charge in [0, 0.05) is 17.5 Å². The number of carbonyl (C=O) groups excluding carboxylic acids is 2. The van der Waals surface area contributed by atoms with Crippen molar-refractivity contribution in [1.82, 2.24) is 4.90 Å². The lowest BCUT2D eigenvalue weighted by Crippen LogP contribution is -2.36. The molecule has 0 radical (unpaired) electrons. The standard InChI is InChI=1S/C19H28N2O3S/c1-4-15-12(3)25-18(17(15)19(23)24-5-2)20-16(22)11-21(14-8-9-14)10-13-6-7-13/h13-14H,4-11H2,1-3H3,(H,20,22). The number of aryl methyl sites for hydroxylation is 1. The maximum Gasteiger partial charge on any atom is 0.341 e. The number of nitrogens with one attached hydrogen (secondary N) is 1. The van der Waals surface area contributed by atoms with Gasteiger partial charge < -0.3 is 10.1 Å². The fraction of sp³-hybridized carbons (Fsp3) is 0.684. The molecular formula is C19H28N2O3S. The monoisotopic (exact) mass is 364 g/mol. The number of ether oxygens (including phenoxy) is 1. The molecule has 1 amide bonds. The molecule has 2 saturated carbocycles. The molecule has 1 aromatic rings. The molecule has 2 aliphatic rings. The van der Waals surface area contributed by atoms with E-state index in [9.17, 15) is 9.59 Å². The predicted molar refractivity (Wildman–Crippen MR) is 100 cm³/mol. The van der Waals surface area contributed by atoms with E-state index in [4.69, 9.17) is 4.74 Å². The number of thiophene rings is 1. The summed E-state index contributed by atoms with van der Waals surface area (Å²) in [5.41, 5.74) is 1.52. The molecule has 6 heteroatoms. The zero-order valence-electron chi connectivity index (χ0n) is 15.4. The summed E-state index contributed by atoms with van der Waals surface area (Å²) in [7, 11) is 0. The number of esters is 1. The van der Waals surface area contributed by atoms with Crippen LogP contribution < -0.4 is 5.32 Å². The molecule has 1 N–H and O–H groups in total. The molecule has 1 heterocycles. The topological polar surface area (TPSA) is 58.6 Å². The highest BCUT2D eigenvalue weighted by molar-refractivity contribution is 7.16. The van der Waals surface area contributed by atoms with Crippen LogP contribution in [0.15, 0.2) is 0 Å². The molecule has 1 aromatic heterocycles. The smallest absolute Gasteiger partial charge is 0.341 e. The molecule has 5 nitrogen and oxygen atoms in total. The minimum absolute atomic E-state index is 0.0259. The zero-order valence-corrected chi connectivity index (χ0v) is 16.2. The van der Waals surface area contributed by atoms with E-state index < -0.39 is 0 Å². The molecule has 0 unspecified atom stereocenters. The average molecular weight is 365 g/mol. The Labute approximate surface area is 153 Å². The fourth-order valence-corrected chi connectivity index (χ4v) is 4.43. The van der Waals surface area contributed by atoms with Gasteiger partial charge in [-0.05, 0) is 57.4 Å². The first-order chi connectivity index (χ1) is 12.0. The zero-order chi connectivity index (χ0) is 18.0. The number of carbonyl (C=O) groups is 2. The Morgan fingerprint density at radius 1 is 1.24 bits per heavy atom. The lowest BCUT2D eigenvalue weighted by atomic mass is 10.1. The second kappa shape index (κ2) is 7.87. The van der Waals surface area contributed by atoms with E-state index in [1.54, 1.807) is 6.92 Å². The van der Waals surface area contributed by atoms with Crippen LogP contribution >= 0.6 is 11.3 Å². The Kier molecular flexibility index (Phi) is 5.79. The summed E-state index contributed by atoms with van der Waals surface area (Å²) in [6.45, 7) is 7.60. The highest BCUT2D eigenvalue weighted by atomic mass is 32.1. The maximum absolute atomic E-state index is 12.6. The molecule has 2 aliphatic carbocycles. The molecule has 0 spiro atoms. The highest BCUT2D eigenvalue weighted by Crippen LogP contribution is 2.36. The van der Waals surface area contributed by atoms with Crippen molar-refractivity contribution in [1.29, 1.82) is 0 Å². The minimum Gasteiger partial charge on any atom is -0.462 e. The first-order valence-corrected chi connectivity index (χ1v) is 10.2. The molecule has 0 atom stereocenters. The third-order valence-corrected chi connectivity index (χ3v) is 5.96. The van der Waals surface area contributed by atoms with Gasteiger partial charge in [-0.25, -0.2) is 4.79 Å². The lowest BCUT2D eigenvalue weighted by molar-refractivity contribution is -0.117. The van der Waals surface area contributed by atoms with Crippen LogP contribution in [0.3, 0.4) is 0 Å². The molecule has 0 aliphatic heterocycles. The van der Waals surface area contributed by atoms with Crippen molar-refractivity contribution in [2.75, 3.05) is 25.0 Å². The number of hydrogen-bond acceptors (Lipinski definition) is 5. The third-order valence-electron chi connectivity index (χ3n) is 4.89. The van der Waals surface area contributed by atoms with Crippen molar-refractivity contribution < 1.29 is 14.3 Å². The Morgan fingerprint density at radius 2 is 1.96 bits per heavy atom.